The number of rotatable bonds is 1. The maximum Gasteiger partial charge on any atom is 2.00 e. The van der Waals surface area contributed by atoms with E-state index in [-0.39, 0.29) is 30.8 Å². The van der Waals surface area contributed by atoms with Crippen molar-refractivity contribution in [2.24, 2.45) is 0 Å². The van der Waals surface area contributed by atoms with Gasteiger partial charge in [-0.05, 0) is 20.3 Å². The third kappa shape index (κ3) is 11.0. The standard InChI is InChI=1S/C5H11Cl.Mg.2H/c1-4-5(2,3)6;;;/h4H2,1-3H3;;;/q;+2;2*-1. The first-order valence-corrected chi connectivity index (χ1v) is 2.63. The van der Waals surface area contributed by atoms with Crippen molar-refractivity contribution in [3.8, 4) is 0 Å². The van der Waals surface area contributed by atoms with Crippen LogP contribution in [0.1, 0.15) is 30.0 Å². The van der Waals surface area contributed by atoms with Gasteiger partial charge >= 0.3 is 23.1 Å². The molecule has 0 fully saturated rings. The van der Waals surface area contributed by atoms with Crippen LogP contribution in [-0.2, 0) is 0 Å². The van der Waals surface area contributed by atoms with Gasteiger partial charge in [0, 0.05) is 4.87 Å². The van der Waals surface area contributed by atoms with Crippen LogP contribution in [0.2, 0.25) is 0 Å². The molecule has 0 amide bonds. The van der Waals surface area contributed by atoms with Gasteiger partial charge in [0.15, 0.2) is 0 Å². The first-order chi connectivity index (χ1) is 2.56. The Balaban J connectivity index is -0.0000000417. The summed E-state index contributed by atoms with van der Waals surface area (Å²) in [5.74, 6) is 0. The van der Waals surface area contributed by atoms with E-state index in [1.54, 1.807) is 0 Å². The van der Waals surface area contributed by atoms with Gasteiger partial charge in [-0.1, -0.05) is 6.92 Å². The maximum absolute atomic E-state index is 5.72. The summed E-state index contributed by atoms with van der Waals surface area (Å²) in [4.78, 5) is 0.0139. The fraction of sp³-hybridized carbons (Fsp3) is 1.00. The van der Waals surface area contributed by atoms with E-state index >= 15 is 0 Å². The average Bonchev–Trinajstić information content (AvgIpc) is 1.35. The molecule has 0 aromatic heterocycles. The molecule has 2 heteroatoms. The van der Waals surface area contributed by atoms with Gasteiger partial charge in [-0.15, -0.1) is 11.6 Å². The van der Waals surface area contributed by atoms with Crippen LogP contribution in [-0.4, -0.2) is 27.9 Å². The van der Waals surface area contributed by atoms with Gasteiger partial charge in [-0.3, -0.25) is 0 Å². The molecule has 0 rings (SSSR count). The van der Waals surface area contributed by atoms with Crippen LogP contribution < -0.4 is 0 Å². The van der Waals surface area contributed by atoms with Gasteiger partial charge in [0.2, 0.25) is 0 Å². The number of hydrogen-bond donors (Lipinski definition) is 0. The molecule has 0 saturated heterocycles. The Labute approximate surface area is 69.7 Å². The summed E-state index contributed by atoms with van der Waals surface area (Å²) in [7, 11) is 0. The molecule has 0 aliphatic heterocycles. The van der Waals surface area contributed by atoms with E-state index < -0.39 is 0 Å². The van der Waals surface area contributed by atoms with Crippen LogP contribution in [0.25, 0.3) is 0 Å². The SMILES string of the molecule is CCC(C)(C)Cl.[H-].[H-].[Mg+2]. The molecule has 0 aromatic rings. The summed E-state index contributed by atoms with van der Waals surface area (Å²) in [5, 5.41) is 0. The van der Waals surface area contributed by atoms with Gasteiger partial charge in [0.1, 0.15) is 0 Å². The Hall–Kier alpha value is 1.06. The zero-order chi connectivity index (χ0) is 5.21. The van der Waals surface area contributed by atoms with Crippen molar-refractivity contribution in [3.05, 3.63) is 0 Å². The second-order valence-corrected chi connectivity index (χ2v) is 3.10. The van der Waals surface area contributed by atoms with Crippen LogP contribution in [0.5, 0.6) is 0 Å². The first kappa shape index (κ1) is 10.9. The summed E-state index contributed by atoms with van der Waals surface area (Å²) < 4.78 is 0. The Bertz CT molecular complexity index is 44.7. The zero-order valence-corrected chi connectivity index (χ0v) is 7.46. The van der Waals surface area contributed by atoms with Crippen molar-refractivity contribution in [3.63, 3.8) is 0 Å². The molecule has 7 heavy (non-hydrogen) atoms. The predicted molar refractivity (Wildman–Crippen MR) is 38.2 cm³/mol. The van der Waals surface area contributed by atoms with E-state index in [4.69, 9.17) is 11.6 Å². The van der Waals surface area contributed by atoms with Gasteiger partial charge in [-0.25, -0.2) is 0 Å². The van der Waals surface area contributed by atoms with Crippen LogP contribution in [0.4, 0.5) is 0 Å². The molecule has 0 unspecified atom stereocenters. The molecule has 0 radical (unpaired) electrons. The van der Waals surface area contributed by atoms with E-state index in [1.807, 2.05) is 13.8 Å². The Morgan fingerprint density at radius 3 is 1.71 bits per heavy atom. The first-order valence-electron chi connectivity index (χ1n) is 2.25. The molecule has 0 aliphatic carbocycles. The van der Waals surface area contributed by atoms with Crippen molar-refractivity contribution in [1.29, 1.82) is 0 Å². The van der Waals surface area contributed by atoms with Crippen molar-refractivity contribution in [2.45, 2.75) is 32.1 Å². The average molecular weight is 133 g/mol. The number of alkyl halides is 1. The summed E-state index contributed by atoms with van der Waals surface area (Å²) >= 11 is 5.72. The third-order valence-corrected chi connectivity index (χ3v) is 1.11. The topological polar surface area (TPSA) is 0 Å². The summed E-state index contributed by atoms with van der Waals surface area (Å²) in [6.45, 7) is 6.09. The zero-order valence-electron chi connectivity index (χ0n) is 7.29. The predicted octanol–water partition coefficient (Wildman–Crippen LogP) is 2.26. The maximum atomic E-state index is 5.72. The summed E-state index contributed by atoms with van der Waals surface area (Å²) in [5.41, 5.74) is 0. The fourth-order valence-corrected chi connectivity index (χ4v) is 0. The second kappa shape index (κ2) is 3.99. The minimum atomic E-state index is 0. The van der Waals surface area contributed by atoms with E-state index in [0.29, 0.717) is 0 Å². The van der Waals surface area contributed by atoms with Gasteiger partial charge in [0.05, 0.1) is 0 Å². The molecule has 0 heterocycles. The Kier molecular flexibility index (Phi) is 6.23. The van der Waals surface area contributed by atoms with Gasteiger partial charge < -0.3 is 2.85 Å². The van der Waals surface area contributed by atoms with E-state index in [1.165, 1.54) is 0 Å². The molecule has 42 valence electrons. The van der Waals surface area contributed by atoms with Crippen LogP contribution >= 0.6 is 11.6 Å². The fourth-order valence-electron chi connectivity index (χ4n) is 0. The van der Waals surface area contributed by atoms with Crippen molar-refractivity contribution in [2.75, 3.05) is 0 Å². The normalized spacial score (nSPS) is 10.3. The molecular formula is C5H13ClMg. The van der Waals surface area contributed by atoms with Gasteiger partial charge in [0.25, 0.3) is 0 Å². The molecule has 0 nitrogen and oxygen atoms in total. The molecular weight excluding hydrogens is 120 g/mol. The molecule has 0 atom stereocenters. The smallest absolute Gasteiger partial charge is 1.00 e. The summed E-state index contributed by atoms with van der Waals surface area (Å²) in [6.07, 6.45) is 1.04. The molecule has 0 spiro atoms. The van der Waals surface area contributed by atoms with E-state index in [2.05, 4.69) is 6.92 Å². The molecule has 0 aliphatic rings. The van der Waals surface area contributed by atoms with E-state index in [9.17, 15) is 0 Å². The summed E-state index contributed by atoms with van der Waals surface area (Å²) in [6, 6.07) is 0. The van der Waals surface area contributed by atoms with E-state index in [0.717, 1.165) is 6.42 Å². The van der Waals surface area contributed by atoms with Crippen molar-refractivity contribution >= 4 is 34.7 Å². The molecule has 0 aromatic carbocycles. The third-order valence-electron chi connectivity index (χ3n) is 0.841. The monoisotopic (exact) mass is 132 g/mol. The molecule has 0 N–H and O–H groups in total. The molecule has 0 bridgehead atoms. The molecule has 0 saturated carbocycles. The second-order valence-electron chi connectivity index (χ2n) is 2.07. The van der Waals surface area contributed by atoms with Crippen molar-refractivity contribution in [1.82, 2.24) is 0 Å². The number of hydrogen-bond acceptors (Lipinski definition) is 0. The Morgan fingerprint density at radius 2 is 1.71 bits per heavy atom. The minimum Gasteiger partial charge on any atom is -1.00 e. The van der Waals surface area contributed by atoms with Crippen LogP contribution in [0, 0.1) is 0 Å². The Morgan fingerprint density at radius 1 is 1.57 bits per heavy atom. The van der Waals surface area contributed by atoms with Gasteiger partial charge in [-0.2, -0.15) is 0 Å². The minimum absolute atomic E-state index is 0. The largest absolute Gasteiger partial charge is 2.00 e. The van der Waals surface area contributed by atoms with Crippen LogP contribution in [0.3, 0.4) is 0 Å². The quantitative estimate of drug-likeness (QED) is 0.380. The van der Waals surface area contributed by atoms with Crippen LogP contribution in [0.15, 0.2) is 0 Å². The van der Waals surface area contributed by atoms with Crippen molar-refractivity contribution < 1.29 is 2.85 Å². The number of halogens is 1.